The van der Waals surface area contributed by atoms with E-state index in [4.69, 9.17) is 0 Å². The molecule has 1 aliphatic carbocycles. The van der Waals surface area contributed by atoms with E-state index in [1.54, 1.807) is 11.3 Å². The van der Waals surface area contributed by atoms with Gasteiger partial charge in [-0.25, -0.2) is 0 Å². The van der Waals surface area contributed by atoms with Crippen LogP contribution in [0, 0.1) is 12.8 Å². The predicted octanol–water partition coefficient (Wildman–Crippen LogP) is 3.43. The largest absolute Gasteiger partial charge is 0.293 e. The third kappa shape index (κ3) is 1.83. The van der Waals surface area contributed by atoms with Gasteiger partial charge >= 0.3 is 0 Å². The monoisotopic (exact) mass is 194 g/mol. The van der Waals surface area contributed by atoms with Gasteiger partial charge in [0.05, 0.1) is 4.88 Å². The highest BCUT2D eigenvalue weighted by atomic mass is 32.1. The van der Waals surface area contributed by atoms with Crippen molar-refractivity contribution in [1.29, 1.82) is 0 Å². The van der Waals surface area contributed by atoms with Gasteiger partial charge < -0.3 is 0 Å². The second-order valence-corrected chi connectivity index (χ2v) is 4.77. The summed E-state index contributed by atoms with van der Waals surface area (Å²) < 4.78 is 0. The quantitative estimate of drug-likeness (QED) is 0.674. The Labute approximate surface area is 82.8 Å². The lowest BCUT2D eigenvalue weighted by Gasteiger charge is -2.24. The lowest BCUT2D eigenvalue weighted by molar-refractivity contribution is 0.0940. The van der Waals surface area contributed by atoms with E-state index < -0.39 is 0 Å². The van der Waals surface area contributed by atoms with Crippen LogP contribution < -0.4 is 0 Å². The van der Waals surface area contributed by atoms with Crippen molar-refractivity contribution in [2.75, 3.05) is 0 Å². The highest BCUT2D eigenvalue weighted by molar-refractivity contribution is 7.12. The molecule has 1 saturated carbocycles. The zero-order valence-electron chi connectivity index (χ0n) is 7.88. The van der Waals surface area contributed by atoms with Crippen LogP contribution in [0.4, 0.5) is 0 Å². The molecule has 0 unspecified atom stereocenters. The topological polar surface area (TPSA) is 17.1 Å². The van der Waals surface area contributed by atoms with Gasteiger partial charge in [-0.3, -0.25) is 4.79 Å². The summed E-state index contributed by atoms with van der Waals surface area (Å²) in [6, 6.07) is 2.03. The lowest BCUT2D eigenvalue weighted by atomic mass is 9.81. The molecule has 1 nitrogen and oxygen atoms in total. The van der Waals surface area contributed by atoms with E-state index in [-0.39, 0.29) is 0 Å². The molecular formula is C11H14OS. The molecule has 0 N–H and O–H groups in total. The molecule has 1 aromatic heterocycles. The molecule has 0 aromatic carbocycles. The lowest BCUT2D eigenvalue weighted by Crippen LogP contribution is -2.15. The Hall–Kier alpha value is -0.630. The maximum absolute atomic E-state index is 11.7. The van der Waals surface area contributed by atoms with Gasteiger partial charge in [-0.1, -0.05) is 19.3 Å². The van der Waals surface area contributed by atoms with E-state index in [1.807, 2.05) is 18.4 Å². The number of hydrogen-bond acceptors (Lipinski definition) is 2. The molecule has 0 atom stereocenters. The Morgan fingerprint density at radius 2 is 2.38 bits per heavy atom. The van der Waals surface area contributed by atoms with Gasteiger partial charge in [-0.2, -0.15) is 0 Å². The highest BCUT2D eigenvalue weighted by Gasteiger charge is 2.22. The summed E-state index contributed by atoms with van der Waals surface area (Å²) in [4.78, 5) is 12.7. The number of rotatable bonds is 3. The fourth-order valence-electron chi connectivity index (χ4n) is 1.71. The van der Waals surface area contributed by atoms with Gasteiger partial charge in [0, 0.05) is 6.42 Å². The van der Waals surface area contributed by atoms with Crippen molar-refractivity contribution >= 4 is 17.1 Å². The van der Waals surface area contributed by atoms with Crippen molar-refractivity contribution in [2.45, 2.75) is 32.6 Å². The number of carbonyl (C=O) groups excluding carboxylic acids is 1. The van der Waals surface area contributed by atoms with E-state index in [2.05, 4.69) is 0 Å². The second-order valence-electron chi connectivity index (χ2n) is 3.86. The van der Waals surface area contributed by atoms with Crippen molar-refractivity contribution in [1.82, 2.24) is 0 Å². The van der Waals surface area contributed by atoms with Crippen LogP contribution in [0.5, 0.6) is 0 Å². The van der Waals surface area contributed by atoms with Crippen LogP contribution in [0.15, 0.2) is 11.4 Å². The average molecular weight is 194 g/mol. The third-order valence-electron chi connectivity index (χ3n) is 2.81. The third-order valence-corrected chi connectivity index (χ3v) is 3.87. The minimum absolute atomic E-state index is 0.359. The number of ketones is 1. The summed E-state index contributed by atoms with van der Waals surface area (Å²) in [7, 11) is 0. The number of aryl methyl sites for hydroxylation is 1. The fourth-order valence-corrected chi connectivity index (χ4v) is 2.59. The molecule has 0 saturated heterocycles. The summed E-state index contributed by atoms with van der Waals surface area (Å²) in [5.74, 6) is 1.05. The minimum atomic E-state index is 0.359. The maximum atomic E-state index is 11.7. The van der Waals surface area contributed by atoms with Crippen molar-refractivity contribution in [3.8, 4) is 0 Å². The normalized spacial score (nSPS) is 17.0. The maximum Gasteiger partial charge on any atom is 0.173 e. The molecule has 0 amide bonds. The van der Waals surface area contributed by atoms with Crippen molar-refractivity contribution < 1.29 is 4.79 Å². The second kappa shape index (κ2) is 3.62. The SMILES string of the molecule is Cc1ccsc1C(=O)CC1CCC1. The first-order valence-corrected chi connectivity index (χ1v) is 5.72. The van der Waals surface area contributed by atoms with E-state index in [1.165, 1.54) is 19.3 Å². The molecule has 0 aliphatic heterocycles. The Morgan fingerprint density at radius 3 is 2.85 bits per heavy atom. The smallest absolute Gasteiger partial charge is 0.173 e. The van der Waals surface area contributed by atoms with Crippen molar-refractivity contribution in [3.05, 3.63) is 21.9 Å². The van der Waals surface area contributed by atoms with Crippen LogP contribution in [-0.4, -0.2) is 5.78 Å². The predicted molar refractivity (Wildman–Crippen MR) is 55.3 cm³/mol. The number of thiophene rings is 1. The van der Waals surface area contributed by atoms with Gasteiger partial charge in [-0.15, -0.1) is 11.3 Å². The van der Waals surface area contributed by atoms with Crippen LogP contribution in [0.2, 0.25) is 0 Å². The Balaban J connectivity index is 2.00. The Bertz CT molecular complexity index is 310. The summed E-state index contributed by atoms with van der Waals surface area (Å²) in [5.41, 5.74) is 1.15. The molecule has 1 fully saturated rings. The summed E-state index contributed by atoms with van der Waals surface area (Å²) >= 11 is 1.58. The first kappa shape index (κ1) is 8.95. The molecule has 1 aliphatic rings. The molecule has 2 rings (SSSR count). The van der Waals surface area contributed by atoms with Crippen LogP contribution in [0.25, 0.3) is 0 Å². The molecule has 0 radical (unpaired) electrons. The van der Waals surface area contributed by atoms with Crippen LogP contribution in [0.1, 0.15) is 40.9 Å². The van der Waals surface area contributed by atoms with E-state index in [0.29, 0.717) is 11.7 Å². The van der Waals surface area contributed by atoms with Gasteiger partial charge in [0.15, 0.2) is 5.78 Å². The number of Topliss-reactive ketones (excluding diaryl/α,β-unsaturated/α-hetero) is 1. The van der Waals surface area contributed by atoms with Gasteiger partial charge in [-0.05, 0) is 29.9 Å². The number of carbonyl (C=O) groups is 1. The fraction of sp³-hybridized carbons (Fsp3) is 0.545. The van der Waals surface area contributed by atoms with Crippen LogP contribution >= 0.6 is 11.3 Å². The molecular weight excluding hydrogens is 180 g/mol. The van der Waals surface area contributed by atoms with E-state index in [9.17, 15) is 4.79 Å². The Kier molecular flexibility index (Phi) is 2.49. The summed E-state index contributed by atoms with van der Waals surface area (Å²) in [5, 5.41) is 2.00. The van der Waals surface area contributed by atoms with E-state index >= 15 is 0 Å². The zero-order chi connectivity index (χ0) is 9.26. The zero-order valence-corrected chi connectivity index (χ0v) is 8.69. The first-order valence-electron chi connectivity index (χ1n) is 4.84. The van der Waals surface area contributed by atoms with Gasteiger partial charge in [0.1, 0.15) is 0 Å². The van der Waals surface area contributed by atoms with Crippen LogP contribution in [-0.2, 0) is 0 Å². The molecule has 1 heterocycles. The minimum Gasteiger partial charge on any atom is -0.293 e. The summed E-state index contributed by atoms with van der Waals surface area (Å²) in [6.45, 7) is 2.02. The van der Waals surface area contributed by atoms with E-state index in [0.717, 1.165) is 16.9 Å². The summed E-state index contributed by atoms with van der Waals surface area (Å²) in [6.07, 6.45) is 4.62. The van der Waals surface area contributed by atoms with Crippen LogP contribution in [0.3, 0.4) is 0 Å². The molecule has 0 bridgehead atoms. The van der Waals surface area contributed by atoms with Crippen molar-refractivity contribution in [3.63, 3.8) is 0 Å². The molecule has 70 valence electrons. The Morgan fingerprint density at radius 1 is 1.62 bits per heavy atom. The van der Waals surface area contributed by atoms with Gasteiger partial charge in [0.25, 0.3) is 0 Å². The molecule has 13 heavy (non-hydrogen) atoms. The average Bonchev–Trinajstić information content (AvgIpc) is 2.43. The van der Waals surface area contributed by atoms with Crippen molar-refractivity contribution in [2.24, 2.45) is 5.92 Å². The molecule has 0 spiro atoms. The molecule has 2 heteroatoms. The number of hydrogen-bond donors (Lipinski definition) is 0. The highest BCUT2D eigenvalue weighted by Crippen LogP contribution is 2.31. The van der Waals surface area contributed by atoms with Gasteiger partial charge in [0.2, 0.25) is 0 Å². The molecule has 1 aromatic rings. The first-order chi connectivity index (χ1) is 6.27. The standard InChI is InChI=1S/C11H14OS/c1-8-5-6-13-11(8)10(12)7-9-3-2-4-9/h5-6,9H,2-4,7H2,1H3.